The number of carbonyl (C=O) groups excluding carboxylic acids is 1. The molecule has 2 aromatic heterocycles. The molecule has 0 spiro atoms. The van der Waals surface area contributed by atoms with Crippen molar-refractivity contribution in [3.63, 3.8) is 0 Å². The Morgan fingerprint density at radius 2 is 2.20 bits per heavy atom. The number of aryl methyl sites for hydroxylation is 1. The molecule has 1 saturated heterocycles. The Balaban J connectivity index is 0.00000225. The zero-order valence-corrected chi connectivity index (χ0v) is 15.3. The number of piperazine rings is 1. The smallest absolute Gasteiger partial charge is 0.374 e. The molecule has 0 radical (unpaired) electrons. The molecule has 0 amide bonds. The molecule has 25 heavy (non-hydrogen) atoms. The number of methoxy groups -OCH3 is 1. The van der Waals surface area contributed by atoms with Crippen LogP contribution in [-0.2, 0) is 21.8 Å². The summed E-state index contributed by atoms with van der Waals surface area (Å²) in [6, 6.07) is 2.09. The van der Waals surface area contributed by atoms with Crippen LogP contribution in [0.2, 0.25) is 0 Å². The van der Waals surface area contributed by atoms with E-state index in [1.54, 1.807) is 17.0 Å². The summed E-state index contributed by atoms with van der Waals surface area (Å²) in [6.45, 7) is 1.23. The van der Waals surface area contributed by atoms with E-state index in [0.717, 1.165) is 0 Å². The summed E-state index contributed by atoms with van der Waals surface area (Å²) in [5.41, 5.74) is 0. The summed E-state index contributed by atoms with van der Waals surface area (Å²) in [5, 5.41) is 2.88. The summed E-state index contributed by atoms with van der Waals surface area (Å²) in [4.78, 5) is 15.7. The Bertz CT molecular complexity index is 847. The van der Waals surface area contributed by atoms with E-state index < -0.39 is 22.0 Å². The lowest BCUT2D eigenvalue weighted by atomic mass is 10.2. The van der Waals surface area contributed by atoms with Crippen molar-refractivity contribution in [3.05, 3.63) is 36.1 Å². The van der Waals surface area contributed by atoms with E-state index in [0.29, 0.717) is 18.9 Å². The van der Waals surface area contributed by atoms with Gasteiger partial charge in [0.1, 0.15) is 5.82 Å². The maximum absolute atomic E-state index is 12.9. The fraction of sp³-hybridized carbons (Fsp3) is 0.429. The van der Waals surface area contributed by atoms with E-state index in [9.17, 15) is 13.2 Å². The lowest BCUT2D eigenvalue weighted by molar-refractivity contribution is 0.0558. The number of furan rings is 1. The third kappa shape index (κ3) is 3.56. The average molecular weight is 391 g/mol. The first-order valence-corrected chi connectivity index (χ1v) is 8.77. The summed E-state index contributed by atoms with van der Waals surface area (Å²) < 4.78 is 38.7. The van der Waals surface area contributed by atoms with E-state index in [2.05, 4.69) is 15.0 Å². The molecule has 1 N–H and O–H groups in total. The van der Waals surface area contributed by atoms with E-state index in [-0.39, 0.29) is 29.8 Å². The van der Waals surface area contributed by atoms with Gasteiger partial charge in [-0.1, -0.05) is 0 Å². The molecule has 1 aliphatic heterocycles. The van der Waals surface area contributed by atoms with Crippen LogP contribution >= 0.6 is 12.4 Å². The predicted molar refractivity (Wildman–Crippen MR) is 90.0 cm³/mol. The van der Waals surface area contributed by atoms with Crippen LogP contribution in [0.25, 0.3) is 0 Å². The molecule has 0 aromatic carbocycles. The summed E-state index contributed by atoms with van der Waals surface area (Å²) in [5.74, 6) is -0.248. The minimum atomic E-state index is -3.91. The van der Waals surface area contributed by atoms with Crippen LogP contribution in [0.5, 0.6) is 0 Å². The molecule has 138 valence electrons. The molecular formula is C14H19ClN4O5S. The van der Waals surface area contributed by atoms with Gasteiger partial charge in [-0.15, -0.1) is 12.4 Å². The predicted octanol–water partition coefficient (Wildman–Crippen LogP) is 0.557. The number of carbonyl (C=O) groups is 1. The number of hydrogen-bond acceptors (Lipinski definition) is 7. The SMILES string of the molecule is COC(=O)c1ccc(S(=O)(=O)N2CCNCC2c2nccn2C)o1.Cl. The first-order valence-electron chi connectivity index (χ1n) is 7.33. The maximum atomic E-state index is 12.9. The van der Waals surface area contributed by atoms with Crippen LogP contribution in [-0.4, -0.2) is 55.0 Å². The number of imidazole rings is 1. The van der Waals surface area contributed by atoms with Crippen molar-refractivity contribution in [1.82, 2.24) is 19.2 Å². The van der Waals surface area contributed by atoms with Gasteiger partial charge in [0.2, 0.25) is 10.9 Å². The van der Waals surface area contributed by atoms with Gasteiger partial charge in [0.25, 0.3) is 10.0 Å². The number of sulfonamides is 1. The van der Waals surface area contributed by atoms with Crippen LogP contribution in [0.3, 0.4) is 0 Å². The lowest BCUT2D eigenvalue weighted by Gasteiger charge is -2.33. The third-order valence-corrected chi connectivity index (χ3v) is 5.66. The van der Waals surface area contributed by atoms with Gasteiger partial charge in [0.15, 0.2) is 0 Å². The van der Waals surface area contributed by atoms with Gasteiger partial charge in [-0.3, -0.25) is 0 Å². The Hall–Kier alpha value is -1.88. The van der Waals surface area contributed by atoms with Gasteiger partial charge in [0, 0.05) is 39.1 Å². The molecule has 0 aliphatic carbocycles. The zero-order valence-electron chi connectivity index (χ0n) is 13.7. The summed E-state index contributed by atoms with van der Waals surface area (Å²) in [7, 11) is -0.899. The van der Waals surface area contributed by atoms with Crippen molar-refractivity contribution >= 4 is 28.4 Å². The number of rotatable bonds is 4. The van der Waals surface area contributed by atoms with E-state index in [4.69, 9.17) is 4.42 Å². The topological polar surface area (TPSA) is 107 Å². The molecule has 11 heteroatoms. The van der Waals surface area contributed by atoms with Crippen molar-refractivity contribution in [1.29, 1.82) is 0 Å². The van der Waals surface area contributed by atoms with Crippen LogP contribution in [0.15, 0.2) is 34.0 Å². The monoisotopic (exact) mass is 390 g/mol. The molecule has 2 aromatic rings. The maximum Gasteiger partial charge on any atom is 0.374 e. The summed E-state index contributed by atoms with van der Waals surface area (Å²) in [6.07, 6.45) is 3.38. The van der Waals surface area contributed by atoms with Crippen LogP contribution < -0.4 is 5.32 Å². The lowest BCUT2D eigenvalue weighted by Crippen LogP contribution is -2.49. The third-order valence-electron chi connectivity index (χ3n) is 3.88. The second kappa shape index (κ2) is 7.56. The quantitative estimate of drug-likeness (QED) is 0.760. The Morgan fingerprint density at radius 3 is 2.84 bits per heavy atom. The van der Waals surface area contributed by atoms with E-state index in [1.807, 2.05) is 7.05 Å². The second-order valence-electron chi connectivity index (χ2n) is 5.34. The molecule has 1 atom stereocenters. The number of hydrogen-bond donors (Lipinski definition) is 1. The molecule has 0 saturated carbocycles. The van der Waals surface area contributed by atoms with Gasteiger partial charge in [-0.2, -0.15) is 4.31 Å². The average Bonchev–Trinajstić information content (AvgIpc) is 3.23. The Morgan fingerprint density at radius 1 is 1.44 bits per heavy atom. The molecule has 1 unspecified atom stereocenters. The van der Waals surface area contributed by atoms with Gasteiger partial charge < -0.3 is 19.0 Å². The van der Waals surface area contributed by atoms with E-state index in [1.165, 1.54) is 23.5 Å². The largest absolute Gasteiger partial charge is 0.463 e. The standard InChI is InChI=1S/C14H18N4O5S.ClH/c1-17-7-6-16-13(17)10-9-15-5-8-18(10)24(20,21)12-4-3-11(23-12)14(19)22-2;/h3-4,6-7,10,15H,5,8-9H2,1-2H3;1H. The molecule has 3 heterocycles. The van der Waals surface area contributed by atoms with Gasteiger partial charge in [-0.25, -0.2) is 18.2 Å². The Labute approximate surface area is 151 Å². The number of halogens is 1. The molecular weight excluding hydrogens is 372 g/mol. The number of nitrogens with one attached hydrogen (secondary N) is 1. The number of ether oxygens (including phenoxy) is 1. The molecule has 1 aliphatic rings. The molecule has 9 nitrogen and oxygen atoms in total. The van der Waals surface area contributed by atoms with Crippen molar-refractivity contribution in [2.75, 3.05) is 26.7 Å². The van der Waals surface area contributed by atoms with Crippen LogP contribution in [0.1, 0.15) is 22.4 Å². The zero-order chi connectivity index (χ0) is 17.3. The number of esters is 1. The highest BCUT2D eigenvalue weighted by Gasteiger charge is 2.38. The number of aromatic nitrogens is 2. The highest BCUT2D eigenvalue weighted by atomic mass is 35.5. The molecule has 3 rings (SSSR count). The highest BCUT2D eigenvalue weighted by Crippen LogP contribution is 2.28. The van der Waals surface area contributed by atoms with Crippen molar-refractivity contribution in [3.8, 4) is 0 Å². The normalized spacial score (nSPS) is 18.6. The minimum Gasteiger partial charge on any atom is -0.463 e. The van der Waals surface area contributed by atoms with Gasteiger partial charge >= 0.3 is 5.97 Å². The fourth-order valence-corrected chi connectivity index (χ4v) is 4.18. The first-order chi connectivity index (χ1) is 11.4. The van der Waals surface area contributed by atoms with Crippen LogP contribution in [0, 0.1) is 0 Å². The number of nitrogens with zero attached hydrogens (tertiary/aromatic N) is 3. The Kier molecular flexibility index (Phi) is 5.88. The highest BCUT2D eigenvalue weighted by molar-refractivity contribution is 7.89. The van der Waals surface area contributed by atoms with Crippen molar-refractivity contribution < 1.29 is 22.4 Å². The van der Waals surface area contributed by atoms with Crippen molar-refractivity contribution in [2.24, 2.45) is 7.05 Å². The summed E-state index contributed by atoms with van der Waals surface area (Å²) >= 11 is 0. The van der Waals surface area contributed by atoms with Gasteiger partial charge in [0.05, 0.1) is 13.2 Å². The van der Waals surface area contributed by atoms with E-state index >= 15 is 0 Å². The van der Waals surface area contributed by atoms with Crippen LogP contribution in [0.4, 0.5) is 0 Å². The second-order valence-corrected chi connectivity index (χ2v) is 7.16. The molecule has 0 bridgehead atoms. The minimum absolute atomic E-state index is 0. The van der Waals surface area contributed by atoms with Crippen molar-refractivity contribution in [2.45, 2.75) is 11.1 Å². The fourth-order valence-electron chi connectivity index (χ4n) is 2.68. The first kappa shape index (κ1) is 19.4. The van der Waals surface area contributed by atoms with Gasteiger partial charge in [-0.05, 0) is 12.1 Å². The molecule has 1 fully saturated rings.